The Hall–Kier alpha value is -1.18. The Labute approximate surface area is 92.4 Å². The van der Waals surface area contributed by atoms with E-state index < -0.39 is 0 Å². The van der Waals surface area contributed by atoms with Crippen LogP contribution in [0.15, 0.2) is 18.2 Å². The van der Waals surface area contributed by atoms with Crippen molar-refractivity contribution in [2.75, 3.05) is 12.8 Å². The maximum Gasteiger partial charge on any atom is 0.142 e. The van der Waals surface area contributed by atoms with Crippen LogP contribution >= 0.6 is 0 Å². The lowest BCUT2D eigenvalue weighted by atomic mass is 10.0. The Morgan fingerprint density at radius 3 is 2.67 bits per heavy atom. The Bertz CT molecular complexity index is 307. The van der Waals surface area contributed by atoms with Gasteiger partial charge in [-0.2, -0.15) is 0 Å². The number of methoxy groups -OCH3 is 1. The van der Waals surface area contributed by atoms with Crippen LogP contribution in [0, 0.1) is 5.92 Å². The summed E-state index contributed by atoms with van der Waals surface area (Å²) < 4.78 is 5.19. The summed E-state index contributed by atoms with van der Waals surface area (Å²) in [5.74, 6) is 1.57. The quantitative estimate of drug-likeness (QED) is 0.752. The first-order chi connectivity index (χ1) is 7.13. The smallest absolute Gasteiger partial charge is 0.142 e. The molecule has 0 aromatic heterocycles. The van der Waals surface area contributed by atoms with E-state index in [9.17, 15) is 0 Å². The standard InChI is InChI=1S/C13H21NO/c1-10(2)5-4-6-11-7-8-12(14)13(9-11)15-3/h7-10H,4-6,14H2,1-3H3. The first-order valence-corrected chi connectivity index (χ1v) is 5.56. The highest BCUT2D eigenvalue weighted by molar-refractivity contribution is 5.53. The summed E-state index contributed by atoms with van der Waals surface area (Å²) in [6.45, 7) is 4.51. The first-order valence-electron chi connectivity index (χ1n) is 5.56. The van der Waals surface area contributed by atoms with Crippen LogP contribution in [-0.2, 0) is 6.42 Å². The molecule has 1 aromatic rings. The van der Waals surface area contributed by atoms with Crippen LogP contribution in [0.1, 0.15) is 32.3 Å². The van der Waals surface area contributed by atoms with E-state index in [0.29, 0.717) is 5.69 Å². The van der Waals surface area contributed by atoms with Gasteiger partial charge in [-0.1, -0.05) is 26.3 Å². The maximum atomic E-state index is 5.75. The highest BCUT2D eigenvalue weighted by Gasteiger charge is 2.01. The minimum Gasteiger partial charge on any atom is -0.495 e. The van der Waals surface area contributed by atoms with Gasteiger partial charge in [-0.05, 0) is 36.5 Å². The minimum atomic E-state index is 0.713. The van der Waals surface area contributed by atoms with Gasteiger partial charge in [0.2, 0.25) is 0 Å². The third kappa shape index (κ3) is 3.82. The molecule has 0 saturated carbocycles. The van der Waals surface area contributed by atoms with Crippen molar-refractivity contribution in [2.45, 2.75) is 33.1 Å². The first kappa shape index (κ1) is 11.9. The largest absolute Gasteiger partial charge is 0.495 e. The number of anilines is 1. The molecule has 0 aliphatic rings. The molecule has 2 nitrogen and oxygen atoms in total. The van der Waals surface area contributed by atoms with E-state index in [1.807, 2.05) is 12.1 Å². The number of hydrogen-bond acceptors (Lipinski definition) is 2. The van der Waals surface area contributed by atoms with E-state index in [1.165, 1.54) is 18.4 Å². The summed E-state index contributed by atoms with van der Waals surface area (Å²) in [5.41, 5.74) is 7.77. The molecule has 84 valence electrons. The van der Waals surface area contributed by atoms with Crippen LogP contribution in [0.25, 0.3) is 0 Å². The van der Waals surface area contributed by atoms with Gasteiger partial charge in [0.15, 0.2) is 0 Å². The van der Waals surface area contributed by atoms with Crippen molar-refractivity contribution in [1.29, 1.82) is 0 Å². The number of rotatable bonds is 5. The normalized spacial score (nSPS) is 10.7. The molecular weight excluding hydrogens is 186 g/mol. The number of benzene rings is 1. The third-order valence-corrected chi connectivity index (χ3v) is 2.54. The number of nitrogens with two attached hydrogens (primary N) is 1. The SMILES string of the molecule is COc1cc(CCCC(C)C)ccc1N. The van der Waals surface area contributed by atoms with Gasteiger partial charge in [-0.25, -0.2) is 0 Å². The van der Waals surface area contributed by atoms with Crippen molar-refractivity contribution in [3.8, 4) is 5.75 Å². The van der Waals surface area contributed by atoms with Gasteiger partial charge in [0.1, 0.15) is 5.75 Å². The van der Waals surface area contributed by atoms with Crippen LogP contribution in [0.4, 0.5) is 5.69 Å². The number of nitrogen functional groups attached to an aromatic ring is 1. The molecule has 0 fully saturated rings. The van der Waals surface area contributed by atoms with Gasteiger partial charge in [0.05, 0.1) is 12.8 Å². The minimum absolute atomic E-state index is 0.713. The number of aryl methyl sites for hydroxylation is 1. The Morgan fingerprint density at radius 1 is 1.33 bits per heavy atom. The fourth-order valence-electron chi connectivity index (χ4n) is 1.63. The summed E-state index contributed by atoms with van der Waals surface area (Å²) in [6, 6.07) is 6.04. The molecule has 0 aliphatic heterocycles. The fourth-order valence-corrected chi connectivity index (χ4v) is 1.63. The lowest BCUT2D eigenvalue weighted by molar-refractivity contribution is 0.416. The van der Waals surface area contributed by atoms with E-state index in [1.54, 1.807) is 7.11 Å². The van der Waals surface area contributed by atoms with E-state index >= 15 is 0 Å². The monoisotopic (exact) mass is 207 g/mol. The van der Waals surface area contributed by atoms with E-state index in [2.05, 4.69) is 19.9 Å². The molecule has 0 atom stereocenters. The zero-order valence-electron chi connectivity index (χ0n) is 9.92. The molecule has 0 radical (unpaired) electrons. The molecular formula is C13H21NO. The maximum absolute atomic E-state index is 5.75. The van der Waals surface area contributed by atoms with Gasteiger partial charge in [0, 0.05) is 0 Å². The zero-order valence-corrected chi connectivity index (χ0v) is 9.92. The average molecular weight is 207 g/mol. The van der Waals surface area contributed by atoms with Crippen molar-refractivity contribution >= 4 is 5.69 Å². The molecule has 1 aromatic carbocycles. The second-order valence-corrected chi connectivity index (χ2v) is 4.36. The van der Waals surface area contributed by atoms with Crippen LogP contribution < -0.4 is 10.5 Å². The van der Waals surface area contributed by atoms with E-state index in [0.717, 1.165) is 18.1 Å². The summed E-state index contributed by atoms with van der Waals surface area (Å²) in [5, 5.41) is 0. The molecule has 2 N–H and O–H groups in total. The fraction of sp³-hybridized carbons (Fsp3) is 0.538. The summed E-state index contributed by atoms with van der Waals surface area (Å²) >= 11 is 0. The molecule has 0 saturated heterocycles. The predicted octanol–water partition coefficient (Wildman–Crippen LogP) is 3.26. The van der Waals surface area contributed by atoms with Crippen LogP contribution in [0.5, 0.6) is 5.75 Å². The van der Waals surface area contributed by atoms with Crippen molar-refractivity contribution < 1.29 is 4.74 Å². The molecule has 15 heavy (non-hydrogen) atoms. The lowest BCUT2D eigenvalue weighted by Crippen LogP contribution is -1.95. The van der Waals surface area contributed by atoms with Gasteiger partial charge >= 0.3 is 0 Å². The highest BCUT2D eigenvalue weighted by Crippen LogP contribution is 2.23. The second kappa shape index (κ2) is 5.64. The summed E-state index contributed by atoms with van der Waals surface area (Å²) in [4.78, 5) is 0. The molecule has 0 spiro atoms. The van der Waals surface area contributed by atoms with Crippen molar-refractivity contribution in [2.24, 2.45) is 5.92 Å². The van der Waals surface area contributed by atoms with Gasteiger partial charge in [-0.3, -0.25) is 0 Å². The van der Waals surface area contributed by atoms with E-state index in [4.69, 9.17) is 10.5 Å². The molecule has 2 heteroatoms. The van der Waals surface area contributed by atoms with Gasteiger partial charge in [0.25, 0.3) is 0 Å². The van der Waals surface area contributed by atoms with Gasteiger partial charge < -0.3 is 10.5 Å². The van der Waals surface area contributed by atoms with Crippen LogP contribution in [0.3, 0.4) is 0 Å². The van der Waals surface area contributed by atoms with Crippen LogP contribution in [-0.4, -0.2) is 7.11 Å². The summed E-state index contributed by atoms with van der Waals surface area (Å²) in [6.07, 6.45) is 3.60. The molecule has 1 rings (SSSR count). The van der Waals surface area contributed by atoms with Gasteiger partial charge in [-0.15, -0.1) is 0 Å². The van der Waals surface area contributed by atoms with E-state index in [-0.39, 0.29) is 0 Å². The number of ether oxygens (including phenoxy) is 1. The number of hydrogen-bond donors (Lipinski definition) is 1. The Kier molecular flexibility index (Phi) is 4.47. The average Bonchev–Trinajstić information content (AvgIpc) is 2.20. The topological polar surface area (TPSA) is 35.2 Å². The molecule has 0 unspecified atom stereocenters. The van der Waals surface area contributed by atoms with Crippen molar-refractivity contribution in [3.05, 3.63) is 23.8 Å². The highest BCUT2D eigenvalue weighted by atomic mass is 16.5. The molecule has 0 bridgehead atoms. The third-order valence-electron chi connectivity index (χ3n) is 2.54. The summed E-state index contributed by atoms with van der Waals surface area (Å²) in [7, 11) is 1.66. The second-order valence-electron chi connectivity index (χ2n) is 4.36. The zero-order chi connectivity index (χ0) is 11.3. The van der Waals surface area contributed by atoms with Crippen LogP contribution in [0.2, 0.25) is 0 Å². The molecule has 0 heterocycles. The molecule has 0 amide bonds. The predicted molar refractivity (Wildman–Crippen MR) is 65.2 cm³/mol. The lowest BCUT2D eigenvalue weighted by Gasteiger charge is -2.08. The molecule has 0 aliphatic carbocycles. The van der Waals surface area contributed by atoms with Crippen molar-refractivity contribution in [1.82, 2.24) is 0 Å². The Balaban J connectivity index is 2.54. The van der Waals surface area contributed by atoms with Crippen molar-refractivity contribution in [3.63, 3.8) is 0 Å². The Morgan fingerprint density at radius 2 is 2.07 bits per heavy atom.